The fourth-order valence-corrected chi connectivity index (χ4v) is 1.21. The fourth-order valence-electron chi connectivity index (χ4n) is 1.21. The Bertz CT molecular complexity index is 287. The lowest BCUT2D eigenvalue weighted by Crippen LogP contribution is -1.86. The van der Waals surface area contributed by atoms with Gasteiger partial charge in [-0.1, -0.05) is 50.3 Å². The molecule has 0 aromatic heterocycles. The molecule has 0 saturated heterocycles. The Morgan fingerprint density at radius 2 is 2.15 bits per heavy atom. The predicted octanol–water partition coefficient (Wildman–Crippen LogP) is 2.82. The van der Waals surface area contributed by atoms with Crippen molar-refractivity contribution in [3.8, 4) is 0 Å². The molecule has 0 spiro atoms. The summed E-state index contributed by atoms with van der Waals surface area (Å²) in [5.74, 6) is 0.558. The van der Waals surface area contributed by atoms with Crippen molar-refractivity contribution in [1.82, 2.24) is 0 Å². The maximum atomic E-state index is 8.62. The van der Waals surface area contributed by atoms with Gasteiger partial charge >= 0.3 is 0 Å². The molecule has 0 amide bonds. The summed E-state index contributed by atoms with van der Waals surface area (Å²) in [6, 6.07) is 8.36. The van der Waals surface area contributed by atoms with Crippen molar-refractivity contribution in [1.29, 1.82) is 0 Å². The van der Waals surface area contributed by atoms with Gasteiger partial charge in [-0.2, -0.15) is 0 Å². The lowest BCUT2D eigenvalue weighted by Gasteiger charge is -2.05. The average Bonchev–Trinajstić information content (AvgIpc) is 2.15. The first-order valence-corrected chi connectivity index (χ1v) is 4.61. The minimum absolute atomic E-state index is 0.103. The van der Waals surface area contributed by atoms with Crippen molar-refractivity contribution in [2.45, 2.75) is 19.8 Å². The molecule has 0 radical (unpaired) electrons. The van der Waals surface area contributed by atoms with Crippen LogP contribution in [0.4, 0.5) is 0 Å². The fraction of sp³-hybridized carbons (Fsp3) is 0.333. The van der Waals surface area contributed by atoms with E-state index in [1.807, 2.05) is 18.2 Å². The molecule has 1 nitrogen and oxygen atoms in total. The van der Waals surface area contributed by atoms with Gasteiger partial charge in [-0.3, -0.25) is 0 Å². The molecular formula is C12H16O. The molecule has 0 aliphatic rings. The van der Waals surface area contributed by atoms with Crippen LogP contribution in [-0.2, 0) is 0 Å². The lowest BCUT2D eigenvalue weighted by molar-refractivity contribution is 0.343. The van der Waals surface area contributed by atoms with Gasteiger partial charge in [0.05, 0.1) is 6.61 Å². The highest BCUT2D eigenvalue weighted by molar-refractivity contribution is 5.50. The van der Waals surface area contributed by atoms with Crippen LogP contribution in [0.5, 0.6) is 0 Å². The average molecular weight is 176 g/mol. The third-order valence-corrected chi connectivity index (χ3v) is 1.99. The van der Waals surface area contributed by atoms with Crippen LogP contribution in [0.2, 0.25) is 0 Å². The van der Waals surface area contributed by atoms with E-state index in [-0.39, 0.29) is 6.61 Å². The number of hydrogen-bond acceptors (Lipinski definition) is 1. The molecule has 0 unspecified atom stereocenters. The molecule has 1 N–H and O–H groups in total. The van der Waals surface area contributed by atoms with Gasteiger partial charge < -0.3 is 5.11 Å². The Kier molecular flexibility index (Phi) is 3.71. The molecule has 0 fully saturated rings. The van der Waals surface area contributed by atoms with Crippen molar-refractivity contribution in [3.05, 3.63) is 41.5 Å². The van der Waals surface area contributed by atoms with Crippen LogP contribution in [0.3, 0.4) is 0 Å². The van der Waals surface area contributed by atoms with E-state index in [9.17, 15) is 0 Å². The quantitative estimate of drug-likeness (QED) is 0.750. The smallest absolute Gasteiger partial charge is 0.0615 e. The minimum Gasteiger partial charge on any atom is -0.392 e. The van der Waals surface area contributed by atoms with Gasteiger partial charge in [0.15, 0.2) is 0 Å². The van der Waals surface area contributed by atoms with E-state index in [0.29, 0.717) is 5.92 Å². The first-order valence-electron chi connectivity index (χ1n) is 4.61. The number of benzene rings is 1. The maximum Gasteiger partial charge on any atom is 0.0615 e. The van der Waals surface area contributed by atoms with Crippen LogP contribution < -0.4 is 0 Å². The van der Waals surface area contributed by atoms with Gasteiger partial charge in [0, 0.05) is 0 Å². The standard InChI is InChI=1S/C12H16O/c1-10(2)12-7-3-5-11(9-12)6-4-8-13/h3-7,9-10,13H,8H2,1-2H3/b6-4+. The molecule has 0 heterocycles. The SMILES string of the molecule is CC(C)c1cccc(/C=C/CO)c1. The van der Waals surface area contributed by atoms with Crippen molar-refractivity contribution >= 4 is 6.08 Å². The highest BCUT2D eigenvalue weighted by atomic mass is 16.2. The zero-order chi connectivity index (χ0) is 9.68. The van der Waals surface area contributed by atoms with Crippen LogP contribution >= 0.6 is 0 Å². The van der Waals surface area contributed by atoms with Gasteiger partial charge in [-0.25, -0.2) is 0 Å². The van der Waals surface area contributed by atoms with Crippen LogP contribution in [-0.4, -0.2) is 11.7 Å². The van der Waals surface area contributed by atoms with Gasteiger partial charge in [0.2, 0.25) is 0 Å². The minimum atomic E-state index is 0.103. The number of rotatable bonds is 3. The third-order valence-electron chi connectivity index (χ3n) is 1.99. The summed E-state index contributed by atoms with van der Waals surface area (Å²) >= 11 is 0. The van der Waals surface area contributed by atoms with E-state index < -0.39 is 0 Å². The normalized spacial score (nSPS) is 11.4. The molecule has 70 valence electrons. The second-order valence-corrected chi connectivity index (χ2v) is 3.41. The summed E-state index contributed by atoms with van der Waals surface area (Å²) in [6.07, 6.45) is 3.69. The highest BCUT2D eigenvalue weighted by Crippen LogP contribution is 2.16. The van der Waals surface area contributed by atoms with Gasteiger partial charge in [0.1, 0.15) is 0 Å². The summed E-state index contributed by atoms with van der Waals surface area (Å²) in [5.41, 5.74) is 2.49. The van der Waals surface area contributed by atoms with E-state index in [1.165, 1.54) is 5.56 Å². The van der Waals surface area contributed by atoms with E-state index in [0.717, 1.165) is 5.56 Å². The molecule has 1 aromatic rings. The molecule has 13 heavy (non-hydrogen) atoms. The Hall–Kier alpha value is -1.08. The zero-order valence-electron chi connectivity index (χ0n) is 8.20. The molecule has 0 aliphatic heterocycles. The summed E-state index contributed by atoms with van der Waals surface area (Å²) < 4.78 is 0. The first kappa shape index (κ1) is 10.0. The number of hydrogen-bond donors (Lipinski definition) is 1. The van der Waals surface area contributed by atoms with Crippen molar-refractivity contribution in [3.63, 3.8) is 0 Å². The molecule has 0 bridgehead atoms. The molecule has 1 aromatic carbocycles. The van der Waals surface area contributed by atoms with Gasteiger partial charge in [-0.05, 0) is 17.0 Å². The monoisotopic (exact) mass is 176 g/mol. The largest absolute Gasteiger partial charge is 0.392 e. The number of aliphatic hydroxyl groups excluding tert-OH is 1. The van der Waals surface area contributed by atoms with E-state index in [2.05, 4.69) is 26.0 Å². The van der Waals surface area contributed by atoms with Gasteiger partial charge in [-0.15, -0.1) is 0 Å². The first-order chi connectivity index (χ1) is 6.24. The lowest BCUT2D eigenvalue weighted by atomic mass is 10.0. The van der Waals surface area contributed by atoms with Crippen molar-refractivity contribution < 1.29 is 5.11 Å². The van der Waals surface area contributed by atoms with Crippen molar-refractivity contribution in [2.75, 3.05) is 6.61 Å². The van der Waals surface area contributed by atoms with Crippen LogP contribution in [0, 0.1) is 0 Å². The second-order valence-electron chi connectivity index (χ2n) is 3.41. The molecule has 1 heteroatoms. The summed E-state index contributed by atoms with van der Waals surface area (Å²) in [6.45, 7) is 4.45. The summed E-state index contributed by atoms with van der Waals surface area (Å²) in [4.78, 5) is 0. The molecular weight excluding hydrogens is 160 g/mol. The predicted molar refractivity (Wildman–Crippen MR) is 56.7 cm³/mol. The number of aliphatic hydroxyl groups is 1. The molecule has 0 aliphatic carbocycles. The molecule has 1 rings (SSSR count). The maximum absolute atomic E-state index is 8.62. The van der Waals surface area contributed by atoms with E-state index >= 15 is 0 Å². The van der Waals surface area contributed by atoms with E-state index in [4.69, 9.17) is 5.11 Å². The Morgan fingerprint density at radius 3 is 2.77 bits per heavy atom. The Morgan fingerprint density at radius 1 is 1.38 bits per heavy atom. The van der Waals surface area contributed by atoms with E-state index in [1.54, 1.807) is 6.08 Å². The van der Waals surface area contributed by atoms with Crippen molar-refractivity contribution in [2.24, 2.45) is 0 Å². The van der Waals surface area contributed by atoms with Gasteiger partial charge in [0.25, 0.3) is 0 Å². The third kappa shape index (κ3) is 3.03. The molecule has 0 atom stereocenters. The topological polar surface area (TPSA) is 20.2 Å². The molecule has 0 saturated carbocycles. The van der Waals surface area contributed by atoms with Crippen LogP contribution in [0.1, 0.15) is 30.9 Å². The Labute approximate surface area is 79.7 Å². The van der Waals surface area contributed by atoms with Crippen LogP contribution in [0.15, 0.2) is 30.3 Å². The van der Waals surface area contributed by atoms with Crippen LogP contribution in [0.25, 0.3) is 6.08 Å². The second kappa shape index (κ2) is 4.83. The zero-order valence-corrected chi connectivity index (χ0v) is 8.20. The Balaban J connectivity index is 2.85. The summed E-state index contributed by atoms with van der Waals surface area (Å²) in [5, 5.41) is 8.62. The highest BCUT2D eigenvalue weighted by Gasteiger charge is 1.97. The summed E-state index contributed by atoms with van der Waals surface area (Å²) in [7, 11) is 0.